The van der Waals surface area contributed by atoms with E-state index in [0.29, 0.717) is 19.8 Å². The van der Waals surface area contributed by atoms with Gasteiger partial charge in [-0.2, -0.15) is 0 Å². The van der Waals surface area contributed by atoms with Crippen molar-refractivity contribution in [3.63, 3.8) is 0 Å². The molecule has 2 atom stereocenters. The number of fused-ring (bicyclic) bond motifs is 1. The van der Waals surface area contributed by atoms with E-state index in [9.17, 15) is 4.79 Å². The molecule has 0 N–H and O–H groups in total. The summed E-state index contributed by atoms with van der Waals surface area (Å²) < 4.78 is 11.1. The van der Waals surface area contributed by atoms with Crippen LogP contribution in [0.3, 0.4) is 0 Å². The average Bonchev–Trinajstić information content (AvgIpc) is 3.10. The van der Waals surface area contributed by atoms with Gasteiger partial charge in [-0.3, -0.25) is 4.79 Å². The monoisotopic (exact) mass is 329 g/mol. The van der Waals surface area contributed by atoms with Crippen molar-refractivity contribution in [2.75, 3.05) is 26.4 Å². The minimum Gasteiger partial charge on any atom is -0.376 e. The van der Waals surface area contributed by atoms with Gasteiger partial charge in [-0.05, 0) is 29.0 Å². The molecule has 1 aromatic carbocycles. The van der Waals surface area contributed by atoms with Gasteiger partial charge in [0.2, 0.25) is 0 Å². The second-order valence-electron chi connectivity index (χ2n) is 5.83. The molecule has 5 heteroatoms. The second-order valence-corrected chi connectivity index (χ2v) is 6.83. The second kappa shape index (κ2) is 6.43. The fourth-order valence-corrected chi connectivity index (χ4v) is 4.27. The van der Waals surface area contributed by atoms with Gasteiger partial charge < -0.3 is 14.4 Å². The number of thiophene rings is 1. The van der Waals surface area contributed by atoms with E-state index in [1.807, 2.05) is 23.1 Å². The number of rotatable bonds is 2. The van der Waals surface area contributed by atoms with Gasteiger partial charge in [0.1, 0.15) is 0 Å². The molecular weight excluding hydrogens is 310 g/mol. The molecule has 1 aromatic heterocycles. The maximum Gasteiger partial charge on any atom is 0.254 e. The molecule has 3 heterocycles. The van der Waals surface area contributed by atoms with Crippen molar-refractivity contribution in [3.05, 3.63) is 57.8 Å². The number of carbonyl (C=O) groups excluding carboxylic acids is 1. The first-order valence-corrected chi connectivity index (χ1v) is 8.83. The highest BCUT2D eigenvalue weighted by molar-refractivity contribution is 7.10. The van der Waals surface area contributed by atoms with Gasteiger partial charge in [-0.1, -0.05) is 30.3 Å². The summed E-state index contributed by atoms with van der Waals surface area (Å²) in [5.41, 5.74) is 2.40. The Labute approximate surface area is 139 Å². The number of amides is 1. The van der Waals surface area contributed by atoms with Crippen LogP contribution in [0.2, 0.25) is 0 Å². The van der Waals surface area contributed by atoms with E-state index < -0.39 is 6.10 Å². The predicted octanol–water partition coefficient (Wildman–Crippen LogP) is 2.64. The quantitative estimate of drug-likeness (QED) is 0.850. The standard InChI is InChI=1S/C18H19NO3S/c20-18(15-12-21-9-10-22-15)19-8-6-16-14(7-11-23-16)17(19)13-4-2-1-3-5-13/h1-5,7,11,15,17H,6,8-10,12H2/t15-,17+/m1/s1. The Morgan fingerprint density at radius 3 is 2.83 bits per heavy atom. The average molecular weight is 329 g/mol. The predicted molar refractivity (Wildman–Crippen MR) is 88.6 cm³/mol. The van der Waals surface area contributed by atoms with Crippen molar-refractivity contribution in [2.45, 2.75) is 18.6 Å². The topological polar surface area (TPSA) is 38.8 Å². The Hall–Kier alpha value is -1.69. The van der Waals surface area contributed by atoms with Crippen LogP contribution in [0.25, 0.3) is 0 Å². The first-order chi connectivity index (χ1) is 11.3. The lowest BCUT2D eigenvalue weighted by Crippen LogP contribution is -2.49. The molecule has 4 nitrogen and oxygen atoms in total. The van der Waals surface area contributed by atoms with Crippen molar-refractivity contribution in [2.24, 2.45) is 0 Å². The molecule has 120 valence electrons. The van der Waals surface area contributed by atoms with Crippen LogP contribution in [0, 0.1) is 0 Å². The molecule has 2 aliphatic heterocycles. The maximum atomic E-state index is 13.0. The first kappa shape index (κ1) is 14.9. The van der Waals surface area contributed by atoms with Crippen LogP contribution in [-0.4, -0.2) is 43.3 Å². The Kier molecular flexibility index (Phi) is 4.16. The highest BCUT2D eigenvalue weighted by Crippen LogP contribution is 2.38. The lowest BCUT2D eigenvalue weighted by atomic mass is 9.93. The summed E-state index contributed by atoms with van der Waals surface area (Å²) in [5, 5.41) is 2.12. The first-order valence-electron chi connectivity index (χ1n) is 7.95. The van der Waals surface area contributed by atoms with Gasteiger partial charge in [0.05, 0.1) is 25.9 Å². The molecule has 0 spiro atoms. The van der Waals surface area contributed by atoms with Crippen molar-refractivity contribution >= 4 is 17.2 Å². The van der Waals surface area contributed by atoms with Gasteiger partial charge in [-0.15, -0.1) is 11.3 Å². The minimum atomic E-state index is -0.477. The van der Waals surface area contributed by atoms with Gasteiger partial charge in [0.15, 0.2) is 6.10 Å². The Morgan fingerprint density at radius 2 is 2.04 bits per heavy atom. The third-order valence-corrected chi connectivity index (χ3v) is 5.45. The van der Waals surface area contributed by atoms with Crippen LogP contribution in [0.15, 0.2) is 41.8 Å². The van der Waals surface area contributed by atoms with Crippen LogP contribution >= 0.6 is 11.3 Å². The van der Waals surface area contributed by atoms with E-state index in [1.165, 1.54) is 10.4 Å². The molecule has 0 bridgehead atoms. The number of benzene rings is 1. The zero-order valence-electron chi connectivity index (χ0n) is 12.8. The third-order valence-electron chi connectivity index (χ3n) is 4.46. The molecule has 0 radical (unpaired) electrons. The Balaban J connectivity index is 1.69. The van der Waals surface area contributed by atoms with Crippen molar-refractivity contribution < 1.29 is 14.3 Å². The zero-order valence-corrected chi connectivity index (χ0v) is 13.6. The summed E-state index contributed by atoms with van der Waals surface area (Å²) in [6.07, 6.45) is 0.436. The molecule has 0 aliphatic carbocycles. The summed E-state index contributed by atoms with van der Waals surface area (Å²) in [6.45, 7) is 2.14. The highest BCUT2D eigenvalue weighted by atomic mass is 32.1. The zero-order chi connectivity index (χ0) is 15.6. The van der Waals surface area contributed by atoms with Crippen LogP contribution in [0.4, 0.5) is 0 Å². The normalized spacial score (nSPS) is 24.3. The van der Waals surface area contributed by atoms with Crippen molar-refractivity contribution in [1.82, 2.24) is 4.90 Å². The van der Waals surface area contributed by atoms with Gasteiger partial charge in [-0.25, -0.2) is 0 Å². The molecule has 0 saturated carbocycles. The van der Waals surface area contributed by atoms with Crippen LogP contribution in [0.1, 0.15) is 22.0 Å². The number of carbonyl (C=O) groups is 1. The molecular formula is C18H19NO3S. The van der Waals surface area contributed by atoms with E-state index in [-0.39, 0.29) is 11.9 Å². The summed E-state index contributed by atoms with van der Waals surface area (Å²) in [7, 11) is 0. The van der Waals surface area contributed by atoms with E-state index in [1.54, 1.807) is 11.3 Å². The van der Waals surface area contributed by atoms with Crippen LogP contribution in [-0.2, 0) is 20.7 Å². The lowest BCUT2D eigenvalue weighted by Gasteiger charge is -2.38. The summed E-state index contributed by atoms with van der Waals surface area (Å²) in [5.74, 6) is 0.0374. The Bertz CT molecular complexity index is 679. The Morgan fingerprint density at radius 1 is 1.17 bits per heavy atom. The summed E-state index contributed by atoms with van der Waals surface area (Å²) >= 11 is 1.78. The maximum absolute atomic E-state index is 13.0. The number of ether oxygens (including phenoxy) is 2. The molecule has 1 fully saturated rings. The fourth-order valence-electron chi connectivity index (χ4n) is 3.36. The van der Waals surface area contributed by atoms with Crippen LogP contribution in [0.5, 0.6) is 0 Å². The SMILES string of the molecule is O=C([C@H]1COCCO1)N1CCc2sccc2[C@@H]1c1ccccc1. The van der Waals surface area contributed by atoms with Crippen LogP contribution < -0.4 is 0 Å². The molecule has 4 rings (SSSR count). The van der Waals surface area contributed by atoms with Gasteiger partial charge in [0.25, 0.3) is 5.91 Å². The van der Waals surface area contributed by atoms with Gasteiger partial charge in [0, 0.05) is 11.4 Å². The molecule has 23 heavy (non-hydrogen) atoms. The fraction of sp³-hybridized carbons (Fsp3) is 0.389. The molecule has 0 unspecified atom stereocenters. The molecule has 2 aliphatic rings. The lowest BCUT2D eigenvalue weighted by molar-refractivity contribution is -0.160. The van der Waals surface area contributed by atoms with Crippen molar-refractivity contribution in [3.8, 4) is 0 Å². The summed E-state index contributed by atoms with van der Waals surface area (Å²) in [4.78, 5) is 16.3. The molecule has 1 saturated heterocycles. The summed E-state index contributed by atoms with van der Waals surface area (Å²) in [6, 6.07) is 12.4. The number of nitrogens with zero attached hydrogens (tertiary/aromatic N) is 1. The largest absolute Gasteiger partial charge is 0.376 e. The molecule has 2 aromatic rings. The van der Waals surface area contributed by atoms with E-state index in [0.717, 1.165) is 18.5 Å². The van der Waals surface area contributed by atoms with E-state index in [4.69, 9.17) is 9.47 Å². The smallest absolute Gasteiger partial charge is 0.254 e. The third kappa shape index (κ3) is 2.80. The van der Waals surface area contributed by atoms with E-state index >= 15 is 0 Å². The minimum absolute atomic E-state index is 0.0239. The van der Waals surface area contributed by atoms with Crippen molar-refractivity contribution in [1.29, 1.82) is 0 Å². The number of hydrogen-bond acceptors (Lipinski definition) is 4. The van der Waals surface area contributed by atoms with Gasteiger partial charge >= 0.3 is 0 Å². The number of hydrogen-bond donors (Lipinski definition) is 0. The van der Waals surface area contributed by atoms with E-state index in [2.05, 4.69) is 23.6 Å². The highest BCUT2D eigenvalue weighted by Gasteiger charge is 2.36. The molecule has 1 amide bonds.